The molecule has 3 nitrogen and oxygen atoms in total. The minimum Gasteiger partial charge on any atom is -0.467 e. The van der Waals surface area contributed by atoms with E-state index in [-0.39, 0.29) is 16.8 Å². The second-order valence-electron chi connectivity index (χ2n) is 3.12. The summed E-state index contributed by atoms with van der Waals surface area (Å²) in [6.07, 6.45) is 2.38. The van der Waals surface area contributed by atoms with Crippen molar-refractivity contribution in [3.8, 4) is 0 Å². The largest absolute Gasteiger partial charge is 0.467 e. The van der Waals surface area contributed by atoms with E-state index in [1.807, 2.05) is 26.0 Å². The van der Waals surface area contributed by atoms with Gasteiger partial charge in [-0.15, -0.1) is 0 Å². The van der Waals surface area contributed by atoms with Crippen molar-refractivity contribution in [2.75, 3.05) is 0 Å². The average molecular weight is 260 g/mol. The van der Waals surface area contributed by atoms with Crippen molar-refractivity contribution in [3.05, 3.63) is 24.2 Å². The van der Waals surface area contributed by atoms with Gasteiger partial charge in [0.25, 0.3) is 0 Å². The molecule has 0 saturated heterocycles. The molecule has 1 amide bonds. The topological polar surface area (TPSA) is 42.2 Å². The van der Waals surface area contributed by atoms with E-state index in [0.29, 0.717) is 0 Å². The predicted molar refractivity (Wildman–Crippen MR) is 58.3 cm³/mol. The lowest BCUT2D eigenvalue weighted by atomic mass is 10.2. The fourth-order valence-electron chi connectivity index (χ4n) is 1.10. The van der Waals surface area contributed by atoms with E-state index in [1.165, 1.54) is 0 Å². The Hall–Kier alpha value is -0.770. The molecule has 0 bridgehead atoms. The van der Waals surface area contributed by atoms with Crippen LogP contribution in [0.25, 0.3) is 0 Å². The summed E-state index contributed by atoms with van der Waals surface area (Å²) >= 11 is 3.29. The van der Waals surface area contributed by atoms with Gasteiger partial charge in [0.2, 0.25) is 5.91 Å². The third-order valence-electron chi connectivity index (χ3n) is 1.97. The highest BCUT2D eigenvalue weighted by molar-refractivity contribution is 9.10. The number of nitrogens with one attached hydrogen (secondary N) is 1. The van der Waals surface area contributed by atoms with E-state index in [4.69, 9.17) is 4.42 Å². The number of hydrogen-bond acceptors (Lipinski definition) is 2. The van der Waals surface area contributed by atoms with Gasteiger partial charge in [-0.2, -0.15) is 0 Å². The number of carbonyl (C=O) groups is 1. The molecule has 2 atom stereocenters. The molecule has 0 saturated carbocycles. The Balaban J connectivity index is 2.49. The zero-order valence-electron chi connectivity index (χ0n) is 8.29. The maximum Gasteiger partial charge on any atom is 0.234 e. The summed E-state index contributed by atoms with van der Waals surface area (Å²) in [6.45, 7) is 3.85. The molecule has 0 spiro atoms. The minimum absolute atomic E-state index is 0.00333. The molecule has 0 fully saturated rings. The van der Waals surface area contributed by atoms with Gasteiger partial charge in [0, 0.05) is 0 Å². The molecule has 78 valence electrons. The Morgan fingerprint density at radius 1 is 1.71 bits per heavy atom. The summed E-state index contributed by atoms with van der Waals surface area (Å²) in [5.74, 6) is 0.769. The molecular weight excluding hydrogens is 246 g/mol. The number of carbonyl (C=O) groups excluding carboxylic acids is 1. The van der Waals surface area contributed by atoms with Crippen molar-refractivity contribution in [1.29, 1.82) is 0 Å². The number of halogens is 1. The first kappa shape index (κ1) is 11.3. The Morgan fingerprint density at radius 2 is 2.43 bits per heavy atom. The van der Waals surface area contributed by atoms with Gasteiger partial charge in [-0.05, 0) is 25.5 Å². The summed E-state index contributed by atoms with van der Waals surface area (Å²) in [6, 6.07) is 3.58. The molecule has 4 heteroatoms. The number of amides is 1. The SMILES string of the molecule is CCC(Br)C(=O)NC(C)c1ccco1. The van der Waals surface area contributed by atoms with Crippen molar-refractivity contribution in [3.63, 3.8) is 0 Å². The van der Waals surface area contributed by atoms with E-state index in [1.54, 1.807) is 6.26 Å². The molecule has 0 aromatic carbocycles. The summed E-state index contributed by atoms with van der Waals surface area (Å²) in [4.78, 5) is 11.4. The maximum atomic E-state index is 11.5. The van der Waals surface area contributed by atoms with Crippen molar-refractivity contribution < 1.29 is 9.21 Å². The molecule has 1 aromatic rings. The molecule has 1 aromatic heterocycles. The van der Waals surface area contributed by atoms with Crippen molar-refractivity contribution in [2.24, 2.45) is 0 Å². The van der Waals surface area contributed by atoms with Crippen LogP contribution in [-0.4, -0.2) is 10.7 Å². The lowest BCUT2D eigenvalue weighted by Crippen LogP contribution is -2.32. The first-order chi connectivity index (χ1) is 6.65. The Morgan fingerprint density at radius 3 is 2.93 bits per heavy atom. The van der Waals surface area contributed by atoms with Crippen molar-refractivity contribution in [2.45, 2.75) is 31.1 Å². The Kier molecular flexibility index (Phi) is 4.20. The first-order valence-corrected chi connectivity index (χ1v) is 5.54. The second kappa shape index (κ2) is 5.20. The fourth-order valence-corrected chi connectivity index (χ4v) is 1.23. The van der Waals surface area contributed by atoms with Crippen molar-refractivity contribution in [1.82, 2.24) is 5.32 Å². The first-order valence-electron chi connectivity index (χ1n) is 4.63. The lowest BCUT2D eigenvalue weighted by Gasteiger charge is -2.13. The Bertz CT molecular complexity index is 284. The summed E-state index contributed by atoms with van der Waals surface area (Å²) in [7, 11) is 0. The van der Waals surface area contributed by atoms with Gasteiger partial charge in [0.15, 0.2) is 0 Å². The van der Waals surface area contributed by atoms with Crippen LogP contribution in [0.1, 0.15) is 32.1 Å². The standard InChI is InChI=1S/C10H14BrNO2/c1-3-8(11)10(13)12-7(2)9-5-4-6-14-9/h4-8H,3H2,1-2H3,(H,12,13). The van der Waals surface area contributed by atoms with Gasteiger partial charge < -0.3 is 9.73 Å². The van der Waals surface area contributed by atoms with Crippen LogP contribution in [0.2, 0.25) is 0 Å². The minimum atomic E-state index is -0.125. The highest BCUT2D eigenvalue weighted by Gasteiger charge is 2.16. The summed E-state index contributed by atoms with van der Waals surface area (Å²) < 4.78 is 5.18. The average Bonchev–Trinajstić information content (AvgIpc) is 2.69. The van der Waals surface area contributed by atoms with Crippen LogP contribution in [0.15, 0.2) is 22.8 Å². The molecule has 1 heterocycles. The van der Waals surface area contributed by atoms with Crippen LogP contribution >= 0.6 is 15.9 Å². The molecule has 14 heavy (non-hydrogen) atoms. The van der Waals surface area contributed by atoms with Gasteiger partial charge in [0.1, 0.15) is 5.76 Å². The second-order valence-corrected chi connectivity index (χ2v) is 4.23. The van der Waals surface area contributed by atoms with Crippen LogP contribution in [0.3, 0.4) is 0 Å². The lowest BCUT2D eigenvalue weighted by molar-refractivity contribution is -0.121. The van der Waals surface area contributed by atoms with Gasteiger partial charge >= 0.3 is 0 Å². The number of hydrogen-bond donors (Lipinski definition) is 1. The molecular formula is C10H14BrNO2. The highest BCUT2D eigenvalue weighted by Crippen LogP contribution is 2.13. The Labute approximate surface area is 92.0 Å². The predicted octanol–water partition coefficient (Wildman–Crippen LogP) is 2.63. The van der Waals surface area contributed by atoms with E-state index < -0.39 is 0 Å². The van der Waals surface area contributed by atoms with Gasteiger partial charge in [0.05, 0.1) is 17.1 Å². The van der Waals surface area contributed by atoms with Crippen molar-refractivity contribution >= 4 is 21.8 Å². The van der Waals surface area contributed by atoms with Crippen LogP contribution in [-0.2, 0) is 4.79 Å². The zero-order chi connectivity index (χ0) is 10.6. The van der Waals surface area contributed by atoms with E-state index in [2.05, 4.69) is 21.2 Å². The third-order valence-corrected chi connectivity index (χ3v) is 3.03. The van der Waals surface area contributed by atoms with Crippen LogP contribution < -0.4 is 5.32 Å². The van der Waals surface area contributed by atoms with Gasteiger partial charge in [-0.25, -0.2) is 0 Å². The van der Waals surface area contributed by atoms with E-state index in [0.717, 1.165) is 12.2 Å². The van der Waals surface area contributed by atoms with Crippen LogP contribution in [0.5, 0.6) is 0 Å². The molecule has 0 aliphatic heterocycles. The van der Waals surface area contributed by atoms with Gasteiger partial charge in [-0.1, -0.05) is 22.9 Å². The normalized spacial score (nSPS) is 14.8. The fraction of sp³-hybridized carbons (Fsp3) is 0.500. The summed E-state index contributed by atoms with van der Waals surface area (Å²) in [5, 5.41) is 2.85. The quantitative estimate of drug-likeness (QED) is 0.845. The number of alkyl halides is 1. The smallest absolute Gasteiger partial charge is 0.234 e. The molecule has 1 rings (SSSR count). The molecule has 0 radical (unpaired) electrons. The highest BCUT2D eigenvalue weighted by atomic mass is 79.9. The molecule has 0 aliphatic rings. The molecule has 2 unspecified atom stereocenters. The maximum absolute atomic E-state index is 11.5. The summed E-state index contributed by atoms with van der Waals surface area (Å²) in [5.41, 5.74) is 0. The number of rotatable bonds is 4. The third kappa shape index (κ3) is 2.87. The van der Waals surface area contributed by atoms with E-state index in [9.17, 15) is 4.79 Å². The molecule has 1 N–H and O–H groups in total. The zero-order valence-corrected chi connectivity index (χ0v) is 9.87. The van der Waals surface area contributed by atoms with Crippen LogP contribution in [0, 0.1) is 0 Å². The van der Waals surface area contributed by atoms with E-state index >= 15 is 0 Å². The van der Waals surface area contributed by atoms with Crippen LogP contribution in [0.4, 0.5) is 0 Å². The number of furan rings is 1. The monoisotopic (exact) mass is 259 g/mol. The van der Waals surface area contributed by atoms with Gasteiger partial charge in [-0.3, -0.25) is 4.79 Å². The molecule has 0 aliphatic carbocycles.